The number of hydrogen-bond acceptors (Lipinski definition) is 3. The number of carboxylic acid groups (broad SMARTS) is 1. The fourth-order valence-corrected chi connectivity index (χ4v) is 1.71. The molecular weight excluding hydrogens is 234 g/mol. The van der Waals surface area contributed by atoms with Crippen molar-refractivity contribution in [2.75, 3.05) is 5.32 Å². The SMILES string of the molecule is Cc1ccc2c(c1C#CCC(=O)O)C(=O)C(=O)N2. The highest BCUT2D eigenvalue weighted by Crippen LogP contribution is 2.28. The van der Waals surface area contributed by atoms with Crippen molar-refractivity contribution in [2.45, 2.75) is 13.3 Å². The van der Waals surface area contributed by atoms with E-state index >= 15 is 0 Å². The molecule has 1 aromatic carbocycles. The second-order valence-electron chi connectivity index (χ2n) is 3.84. The molecule has 0 radical (unpaired) electrons. The van der Waals surface area contributed by atoms with Crippen LogP contribution in [0.1, 0.15) is 27.9 Å². The van der Waals surface area contributed by atoms with Crippen molar-refractivity contribution in [3.63, 3.8) is 0 Å². The number of carbonyl (C=O) groups is 3. The van der Waals surface area contributed by atoms with Crippen LogP contribution >= 0.6 is 0 Å². The Morgan fingerprint density at radius 3 is 2.78 bits per heavy atom. The molecule has 90 valence electrons. The van der Waals surface area contributed by atoms with Gasteiger partial charge in [0, 0.05) is 5.56 Å². The van der Waals surface area contributed by atoms with Crippen LogP contribution in [-0.2, 0) is 9.59 Å². The molecule has 0 aliphatic carbocycles. The molecule has 1 heterocycles. The number of rotatable bonds is 1. The van der Waals surface area contributed by atoms with Gasteiger partial charge in [0.15, 0.2) is 0 Å². The molecule has 5 nitrogen and oxygen atoms in total. The minimum Gasteiger partial charge on any atom is -0.481 e. The van der Waals surface area contributed by atoms with E-state index in [-0.39, 0.29) is 12.0 Å². The first-order valence-electron chi connectivity index (χ1n) is 5.20. The molecule has 1 aromatic rings. The van der Waals surface area contributed by atoms with Gasteiger partial charge in [-0.2, -0.15) is 0 Å². The largest absolute Gasteiger partial charge is 0.481 e. The van der Waals surface area contributed by atoms with Crippen LogP contribution in [0.25, 0.3) is 0 Å². The molecule has 0 unspecified atom stereocenters. The first-order chi connectivity index (χ1) is 8.50. The molecule has 0 bridgehead atoms. The number of hydrogen-bond donors (Lipinski definition) is 2. The van der Waals surface area contributed by atoms with E-state index in [1.807, 2.05) is 0 Å². The summed E-state index contributed by atoms with van der Waals surface area (Å²) >= 11 is 0. The smallest absolute Gasteiger partial charge is 0.315 e. The van der Waals surface area contributed by atoms with E-state index in [9.17, 15) is 14.4 Å². The van der Waals surface area contributed by atoms with Crippen molar-refractivity contribution in [1.29, 1.82) is 0 Å². The summed E-state index contributed by atoms with van der Waals surface area (Å²) in [6, 6.07) is 3.36. The Morgan fingerprint density at radius 2 is 2.11 bits per heavy atom. The Labute approximate surface area is 103 Å². The highest BCUT2D eigenvalue weighted by Gasteiger charge is 2.30. The third-order valence-corrected chi connectivity index (χ3v) is 2.55. The number of carboxylic acids is 1. The van der Waals surface area contributed by atoms with Crippen LogP contribution < -0.4 is 5.32 Å². The number of benzene rings is 1. The number of aliphatic carboxylic acids is 1. The van der Waals surface area contributed by atoms with E-state index in [2.05, 4.69) is 17.2 Å². The Bertz CT molecular complexity index is 634. The van der Waals surface area contributed by atoms with E-state index < -0.39 is 17.7 Å². The molecule has 2 N–H and O–H groups in total. The number of ketones is 1. The first kappa shape index (κ1) is 11.9. The molecule has 0 fully saturated rings. The number of carbonyl (C=O) groups excluding carboxylic acids is 2. The molecule has 18 heavy (non-hydrogen) atoms. The minimum absolute atomic E-state index is 0.234. The molecule has 0 spiro atoms. The predicted molar refractivity (Wildman–Crippen MR) is 63.3 cm³/mol. The maximum Gasteiger partial charge on any atom is 0.315 e. The van der Waals surface area contributed by atoms with Crippen molar-refractivity contribution < 1.29 is 19.5 Å². The number of aryl methyl sites for hydroxylation is 1. The lowest BCUT2D eigenvalue weighted by Gasteiger charge is -2.03. The molecular formula is C13H9NO4. The lowest BCUT2D eigenvalue weighted by molar-refractivity contribution is -0.135. The quantitative estimate of drug-likeness (QED) is 0.568. The van der Waals surface area contributed by atoms with Crippen LogP contribution in [0.4, 0.5) is 5.69 Å². The van der Waals surface area contributed by atoms with Gasteiger partial charge >= 0.3 is 5.97 Å². The molecule has 5 heteroatoms. The summed E-state index contributed by atoms with van der Waals surface area (Å²) in [5, 5.41) is 11.0. The first-order valence-corrected chi connectivity index (χ1v) is 5.20. The average Bonchev–Trinajstić information content (AvgIpc) is 2.58. The lowest BCUT2D eigenvalue weighted by atomic mass is 9.99. The zero-order valence-corrected chi connectivity index (χ0v) is 9.53. The van der Waals surface area contributed by atoms with Crippen molar-refractivity contribution in [2.24, 2.45) is 0 Å². The van der Waals surface area contributed by atoms with E-state index in [1.165, 1.54) is 0 Å². The van der Waals surface area contributed by atoms with Crippen molar-refractivity contribution in [3.05, 3.63) is 28.8 Å². The van der Waals surface area contributed by atoms with Crippen LogP contribution in [-0.4, -0.2) is 22.8 Å². The molecule has 0 saturated heterocycles. The standard InChI is InChI=1S/C13H9NO4/c1-7-5-6-9-11(12(17)13(18)14-9)8(7)3-2-4-10(15)16/h5-6H,4H2,1H3,(H,15,16)(H,14,17,18). The summed E-state index contributed by atoms with van der Waals surface area (Å²) in [6.45, 7) is 1.75. The average molecular weight is 243 g/mol. The van der Waals surface area contributed by atoms with Crippen LogP contribution in [0.15, 0.2) is 12.1 Å². The molecule has 0 atom stereocenters. The van der Waals surface area contributed by atoms with Gasteiger partial charge in [0.2, 0.25) is 0 Å². The van der Waals surface area contributed by atoms with Gasteiger partial charge in [-0.25, -0.2) is 0 Å². The Balaban J connectivity index is 2.51. The third-order valence-electron chi connectivity index (χ3n) is 2.55. The third kappa shape index (κ3) is 1.96. The highest BCUT2D eigenvalue weighted by molar-refractivity contribution is 6.52. The van der Waals surface area contributed by atoms with Gasteiger partial charge < -0.3 is 10.4 Å². The molecule has 2 rings (SSSR count). The summed E-state index contributed by atoms with van der Waals surface area (Å²) in [6.07, 6.45) is -0.307. The Hall–Kier alpha value is -2.61. The van der Waals surface area contributed by atoms with Crippen LogP contribution in [0.5, 0.6) is 0 Å². The van der Waals surface area contributed by atoms with Crippen LogP contribution in [0.2, 0.25) is 0 Å². The molecule has 1 amide bonds. The maximum absolute atomic E-state index is 11.7. The minimum atomic E-state index is -1.03. The van der Waals surface area contributed by atoms with Gasteiger partial charge in [0.05, 0.1) is 11.3 Å². The predicted octanol–water partition coefficient (Wildman–Crippen LogP) is 0.956. The van der Waals surface area contributed by atoms with Gasteiger partial charge in [-0.05, 0) is 18.6 Å². The number of anilines is 1. The van der Waals surface area contributed by atoms with Crippen LogP contribution in [0, 0.1) is 18.8 Å². The molecule has 0 saturated carbocycles. The lowest BCUT2D eigenvalue weighted by Crippen LogP contribution is -2.13. The fraction of sp³-hybridized carbons (Fsp3) is 0.154. The summed E-state index contributed by atoms with van der Waals surface area (Å²) in [5.41, 5.74) is 1.81. The molecule has 1 aliphatic rings. The number of Topliss-reactive ketones (excluding diaryl/α,β-unsaturated/α-hetero) is 1. The molecule has 0 aromatic heterocycles. The fourth-order valence-electron chi connectivity index (χ4n) is 1.71. The summed E-state index contributed by atoms with van der Waals surface area (Å²) < 4.78 is 0. The topological polar surface area (TPSA) is 83.5 Å². The summed E-state index contributed by atoms with van der Waals surface area (Å²) in [4.78, 5) is 33.3. The van der Waals surface area contributed by atoms with E-state index in [1.54, 1.807) is 19.1 Å². The molecule has 1 aliphatic heterocycles. The van der Waals surface area contributed by atoms with Crippen molar-refractivity contribution in [3.8, 4) is 11.8 Å². The monoisotopic (exact) mass is 243 g/mol. The Kier molecular flexibility index (Phi) is 2.86. The van der Waals surface area contributed by atoms with Gasteiger partial charge in [-0.1, -0.05) is 17.9 Å². The number of fused-ring (bicyclic) bond motifs is 1. The summed E-state index contributed by atoms with van der Waals surface area (Å²) in [5.74, 6) is 2.77. The van der Waals surface area contributed by atoms with Gasteiger partial charge in [0.25, 0.3) is 11.7 Å². The summed E-state index contributed by atoms with van der Waals surface area (Å²) in [7, 11) is 0. The second-order valence-corrected chi connectivity index (χ2v) is 3.84. The van der Waals surface area contributed by atoms with Crippen molar-refractivity contribution in [1.82, 2.24) is 0 Å². The second kappa shape index (κ2) is 4.34. The van der Waals surface area contributed by atoms with E-state index in [0.29, 0.717) is 11.3 Å². The zero-order chi connectivity index (χ0) is 13.3. The zero-order valence-electron chi connectivity index (χ0n) is 9.53. The normalized spacial score (nSPS) is 12.5. The number of nitrogens with one attached hydrogen (secondary N) is 1. The highest BCUT2D eigenvalue weighted by atomic mass is 16.4. The van der Waals surface area contributed by atoms with Gasteiger partial charge in [-0.3, -0.25) is 14.4 Å². The Morgan fingerprint density at radius 1 is 1.39 bits per heavy atom. The van der Waals surface area contributed by atoms with Crippen LogP contribution in [0.3, 0.4) is 0 Å². The van der Waals surface area contributed by atoms with E-state index in [0.717, 1.165) is 5.56 Å². The maximum atomic E-state index is 11.7. The number of amides is 1. The van der Waals surface area contributed by atoms with E-state index in [4.69, 9.17) is 5.11 Å². The van der Waals surface area contributed by atoms with Gasteiger partial charge in [-0.15, -0.1) is 0 Å². The van der Waals surface area contributed by atoms with Gasteiger partial charge in [0.1, 0.15) is 6.42 Å². The van der Waals surface area contributed by atoms with Crippen molar-refractivity contribution >= 4 is 23.3 Å².